The first-order chi connectivity index (χ1) is 17.2. The molecule has 204 valence electrons. The average Bonchev–Trinajstić information content (AvgIpc) is 3.26. The Bertz CT molecular complexity index is 918. The number of rotatable bonds is 7. The number of likely N-dealkylation sites (N-methyl/N-ethyl adjacent to an activating group) is 1. The molecule has 6 fully saturated rings. The largest absolute Gasteiger partial charge is 0.459 e. The van der Waals surface area contributed by atoms with Crippen LogP contribution in [0.15, 0.2) is 0 Å². The molecule has 1 saturated heterocycles. The van der Waals surface area contributed by atoms with Crippen molar-refractivity contribution in [3.05, 3.63) is 0 Å². The summed E-state index contributed by atoms with van der Waals surface area (Å²) in [5, 5.41) is 26.1. The number of carbonyl (C=O) groups is 1. The van der Waals surface area contributed by atoms with E-state index in [9.17, 15) is 15.0 Å². The van der Waals surface area contributed by atoms with Crippen molar-refractivity contribution in [2.24, 2.45) is 34.5 Å². The predicted octanol–water partition coefficient (Wildman–Crippen LogP) is 0.842. The van der Waals surface area contributed by atoms with Crippen molar-refractivity contribution in [1.29, 1.82) is 0 Å². The third-order valence-electron chi connectivity index (χ3n) is 11.8. The molecule has 1 spiro atoms. The fraction of sp³-hybridized carbons (Fsp3) is 0.963. The van der Waals surface area contributed by atoms with Crippen molar-refractivity contribution in [1.82, 2.24) is 4.90 Å². The van der Waals surface area contributed by atoms with Gasteiger partial charge in [-0.15, -0.1) is 0 Å². The van der Waals surface area contributed by atoms with Crippen LogP contribution in [0.25, 0.3) is 0 Å². The Labute approximate surface area is 213 Å². The predicted molar refractivity (Wildman–Crippen MR) is 128 cm³/mol. The van der Waals surface area contributed by atoms with Crippen molar-refractivity contribution in [2.45, 2.75) is 81.2 Å². The molecule has 1 heterocycles. The Morgan fingerprint density at radius 3 is 2.44 bits per heavy atom. The van der Waals surface area contributed by atoms with Gasteiger partial charge in [0.25, 0.3) is 0 Å². The number of hydrogen-bond acceptors (Lipinski definition) is 9. The number of methoxy groups -OCH3 is 4. The number of ether oxygens (including phenoxy) is 5. The van der Waals surface area contributed by atoms with E-state index in [1.807, 2.05) is 0 Å². The Balaban J connectivity index is 1.69. The highest BCUT2D eigenvalue weighted by atomic mass is 16.6. The summed E-state index contributed by atoms with van der Waals surface area (Å²) in [5.74, 6) is -0.825. The van der Waals surface area contributed by atoms with Crippen molar-refractivity contribution < 1.29 is 38.7 Å². The highest BCUT2D eigenvalue weighted by Crippen LogP contribution is 2.80. The number of esters is 1. The van der Waals surface area contributed by atoms with Crippen LogP contribution in [0.1, 0.15) is 39.5 Å². The van der Waals surface area contributed by atoms with E-state index in [0.29, 0.717) is 13.2 Å². The summed E-state index contributed by atoms with van der Waals surface area (Å²) < 4.78 is 30.4. The SMILES string of the molecule is CCN1C[C@]2(COC)CC[C@H](OC)[C@@]34[C@@H]5C[C@H]6[C@H](OC)[C@@H]5[C@](O)(C[C@@H]6OC)[C@@](O)([C@@H](OC(C)=O)[C@H]23)[C@@H]14. The second-order valence-electron chi connectivity index (χ2n) is 12.5. The molecule has 0 amide bonds. The Morgan fingerprint density at radius 1 is 1.11 bits per heavy atom. The number of fused-ring (bicyclic) bond motifs is 2. The van der Waals surface area contributed by atoms with Gasteiger partial charge < -0.3 is 33.9 Å². The van der Waals surface area contributed by atoms with Crippen LogP contribution >= 0.6 is 0 Å². The van der Waals surface area contributed by atoms with Gasteiger partial charge in [-0.2, -0.15) is 0 Å². The van der Waals surface area contributed by atoms with E-state index in [1.165, 1.54) is 6.92 Å². The zero-order chi connectivity index (χ0) is 25.8. The second-order valence-corrected chi connectivity index (χ2v) is 12.5. The van der Waals surface area contributed by atoms with Gasteiger partial charge in [0, 0.05) is 76.9 Å². The number of likely N-dealkylation sites (tertiary alicyclic amines) is 1. The van der Waals surface area contributed by atoms with Crippen LogP contribution in [0.4, 0.5) is 0 Å². The summed E-state index contributed by atoms with van der Waals surface area (Å²) in [6.45, 7) is 5.43. The molecule has 0 aromatic carbocycles. The summed E-state index contributed by atoms with van der Waals surface area (Å²) in [6.07, 6.45) is 1.24. The molecule has 2 N–H and O–H groups in total. The maximum atomic E-state index is 13.2. The summed E-state index contributed by atoms with van der Waals surface area (Å²) in [5.41, 5.74) is -4.12. The standard InChI is InChI=1S/C27H43NO8/c1-7-28-12-24(13-32-3)9-8-18(34-5)26-16-10-15-17(33-4)11-25(30,19(16)20(15)35-6)27(31,23(26)28)22(21(24)26)36-14(2)29/h15-23,30-31H,7-13H2,1-6H3/t15-,16-,17+,18+,19-,20+,21-,22+,23+,24+,25-,26+,27-/m1/s1. The summed E-state index contributed by atoms with van der Waals surface area (Å²) in [7, 11) is 6.86. The van der Waals surface area contributed by atoms with Gasteiger partial charge in [0.05, 0.1) is 31.0 Å². The Hall–Kier alpha value is -0.810. The molecule has 5 saturated carbocycles. The summed E-state index contributed by atoms with van der Waals surface area (Å²) >= 11 is 0. The van der Waals surface area contributed by atoms with Crippen LogP contribution in [0.3, 0.4) is 0 Å². The van der Waals surface area contributed by atoms with E-state index in [0.717, 1.165) is 25.8 Å². The van der Waals surface area contributed by atoms with E-state index in [1.54, 1.807) is 28.4 Å². The van der Waals surface area contributed by atoms with Crippen LogP contribution in [0, 0.1) is 34.5 Å². The van der Waals surface area contributed by atoms with Crippen LogP contribution in [-0.2, 0) is 28.5 Å². The molecule has 9 heteroatoms. The van der Waals surface area contributed by atoms with Gasteiger partial charge in [0.1, 0.15) is 17.3 Å². The van der Waals surface area contributed by atoms with Crippen molar-refractivity contribution in [3.63, 3.8) is 0 Å². The first-order valence-corrected chi connectivity index (χ1v) is 13.6. The fourth-order valence-electron chi connectivity index (χ4n) is 11.3. The van der Waals surface area contributed by atoms with Crippen molar-refractivity contribution >= 4 is 5.97 Å². The first kappa shape index (κ1) is 25.5. The van der Waals surface area contributed by atoms with Gasteiger partial charge in [-0.1, -0.05) is 6.92 Å². The van der Waals surface area contributed by atoms with E-state index in [-0.39, 0.29) is 53.8 Å². The third-order valence-corrected chi connectivity index (χ3v) is 11.8. The quantitative estimate of drug-likeness (QED) is 0.483. The second kappa shape index (κ2) is 8.10. The molecule has 9 nitrogen and oxygen atoms in total. The van der Waals surface area contributed by atoms with Crippen molar-refractivity contribution in [3.8, 4) is 0 Å². The lowest BCUT2D eigenvalue weighted by molar-refractivity contribution is -0.320. The fourth-order valence-corrected chi connectivity index (χ4v) is 11.3. The molecule has 0 unspecified atom stereocenters. The minimum atomic E-state index is -1.71. The Kier molecular flexibility index (Phi) is 5.73. The molecule has 6 aliphatic rings. The lowest BCUT2D eigenvalue weighted by Crippen LogP contribution is -2.82. The average molecular weight is 510 g/mol. The van der Waals surface area contributed by atoms with E-state index >= 15 is 0 Å². The molecule has 0 radical (unpaired) electrons. The smallest absolute Gasteiger partial charge is 0.303 e. The third kappa shape index (κ3) is 2.55. The highest BCUT2D eigenvalue weighted by molar-refractivity contribution is 5.67. The van der Waals surface area contributed by atoms with Crippen LogP contribution < -0.4 is 0 Å². The molecule has 7 bridgehead atoms. The zero-order valence-electron chi connectivity index (χ0n) is 22.4. The van der Waals surface area contributed by atoms with E-state index in [4.69, 9.17) is 23.7 Å². The number of piperidine rings is 1. The van der Waals surface area contributed by atoms with E-state index in [2.05, 4.69) is 11.8 Å². The maximum absolute atomic E-state index is 13.2. The van der Waals surface area contributed by atoms with E-state index < -0.39 is 34.7 Å². The van der Waals surface area contributed by atoms with Gasteiger partial charge in [-0.25, -0.2) is 0 Å². The Morgan fingerprint density at radius 2 is 1.86 bits per heavy atom. The number of aliphatic hydroxyl groups is 2. The lowest BCUT2D eigenvalue weighted by Gasteiger charge is -2.70. The van der Waals surface area contributed by atoms with Crippen LogP contribution in [-0.4, -0.2) is 111 Å². The van der Waals surface area contributed by atoms with Gasteiger partial charge >= 0.3 is 5.97 Å². The maximum Gasteiger partial charge on any atom is 0.303 e. The lowest BCUT2D eigenvalue weighted by atomic mass is 9.42. The van der Waals surface area contributed by atoms with Crippen molar-refractivity contribution in [2.75, 3.05) is 48.1 Å². The molecule has 6 rings (SSSR count). The summed E-state index contributed by atoms with van der Waals surface area (Å²) in [6, 6.07) is -0.419. The molecule has 0 aromatic rings. The summed E-state index contributed by atoms with van der Waals surface area (Å²) in [4.78, 5) is 15.0. The molecule has 5 aliphatic carbocycles. The topological polar surface area (TPSA) is 107 Å². The number of carbonyl (C=O) groups excluding carboxylic acids is 1. The van der Waals surface area contributed by atoms with Crippen LogP contribution in [0.5, 0.6) is 0 Å². The zero-order valence-corrected chi connectivity index (χ0v) is 22.4. The molecule has 0 aromatic heterocycles. The monoisotopic (exact) mass is 509 g/mol. The first-order valence-electron chi connectivity index (χ1n) is 13.6. The molecule has 1 aliphatic heterocycles. The van der Waals surface area contributed by atoms with Gasteiger partial charge in [0.2, 0.25) is 0 Å². The molecular formula is C27H43NO8. The number of hydrogen-bond donors (Lipinski definition) is 2. The minimum Gasteiger partial charge on any atom is -0.459 e. The molecule has 13 atom stereocenters. The molecular weight excluding hydrogens is 466 g/mol. The minimum absolute atomic E-state index is 0.0178. The van der Waals surface area contributed by atoms with Gasteiger partial charge in [-0.3, -0.25) is 9.69 Å². The van der Waals surface area contributed by atoms with Gasteiger partial charge in [-0.05, 0) is 31.7 Å². The van der Waals surface area contributed by atoms with Gasteiger partial charge in [0.15, 0.2) is 0 Å². The number of nitrogens with zero attached hydrogens (tertiary/aromatic N) is 1. The van der Waals surface area contributed by atoms with Crippen LogP contribution in [0.2, 0.25) is 0 Å². The highest BCUT2D eigenvalue weighted by Gasteiger charge is 2.92. The normalized spacial score (nSPS) is 56.6. The molecule has 36 heavy (non-hydrogen) atoms.